The summed E-state index contributed by atoms with van der Waals surface area (Å²) in [6.45, 7) is 6.14. The summed E-state index contributed by atoms with van der Waals surface area (Å²) in [5.41, 5.74) is 1.25. The number of ether oxygens (including phenoxy) is 2. The number of aryl methyl sites for hydroxylation is 1. The maximum atomic E-state index is 13.4. The van der Waals surface area contributed by atoms with Crippen LogP contribution in [0.2, 0.25) is 0 Å². The molecule has 2 aromatic rings. The summed E-state index contributed by atoms with van der Waals surface area (Å²) >= 11 is 0. The Kier molecular flexibility index (Phi) is 8.11. The Hall–Kier alpha value is -2.74. The second kappa shape index (κ2) is 10.3. The van der Waals surface area contributed by atoms with Crippen molar-refractivity contribution in [2.45, 2.75) is 32.1 Å². The Morgan fingerprint density at radius 2 is 1.67 bits per heavy atom. The highest BCUT2D eigenvalue weighted by atomic mass is 32.2. The lowest BCUT2D eigenvalue weighted by molar-refractivity contribution is -0.119. The van der Waals surface area contributed by atoms with E-state index in [0.717, 1.165) is 16.3 Å². The zero-order valence-corrected chi connectivity index (χ0v) is 19.0. The predicted octanol–water partition coefficient (Wildman–Crippen LogP) is 3.37. The average Bonchev–Trinajstić information content (AvgIpc) is 2.71. The van der Waals surface area contributed by atoms with Gasteiger partial charge in [0.2, 0.25) is 5.91 Å². The van der Waals surface area contributed by atoms with Gasteiger partial charge < -0.3 is 14.8 Å². The fourth-order valence-corrected chi connectivity index (χ4v) is 4.23. The van der Waals surface area contributed by atoms with Gasteiger partial charge in [0, 0.05) is 12.6 Å². The van der Waals surface area contributed by atoms with Crippen LogP contribution in [0, 0.1) is 12.8 Å². The third-order valence-electron chi connectivity index (χ3n) is 4.60. The molecule has 0 saturated carbocycles. The lowest BCUT2D eigenvalue weighted by Gasteiger charge is -2.25. The third kappa shape index (κ3) is 5.89. The van der Waals surface area contributed by atoms with Gasteiger partial charge in [-0.25, -0.2) is 8.42 Å². The topological polar surface area (TPSA) is 84.9 Å². The number of hydrogen-bond acceptors (Lipinski definition) is 5. The summed E-state index contributed by atoms with van der Waals surface area (Å²) in [5, 5.41) is 2.80. The van der Waals surface area contributed by atoms with Crippen LogP contribution in [0.3, 0.4) is 0 Å². The van der Waals surface area contributed by atoms with Gasteiger partial charge >= 0.3 is 0 Å². The standard InChI is InChI=1S/C22H30N2O5S/c1-16(2)12-13-23-22(25)15-24(18-8-11-20(28-4)21(14-18)29-5)30(26,27)19-9-6-17(3)7-10-19/h6-11,14,16H,12-13,15H2,1-5H3,(H,23,25). The van der Waals surface area contributed by atoms with Crippen LogP contribution in [0.5, 0.6) is 11.5 Å². The molecule has 0 aromatic heterocycles. The van der Waals surface area contributed by atoms with Crippen molar-refractivity contribution < 1.29 is 22.7 Å². The number of nitrogens with one attached hydrogen (secondary N) is 1. The minimum absolute atomic E-state index is 0.109. The second-order valence-corrected chi connectivity index (χ2v) is 9.26. The van der Waals surface area contributed by atoms with E-state index in [1.807, 2.05) is 6.92 Å². The van der Waals surface area contributed by atoms with Crippen molar-refractivity contribution in [3.05, 3.63) is 48.0 Å². The molecular weight excluding hydrogens is 404 g/mol. The maximum Gasteiger partial charge on any atom is 0.264 e. The van der Waals surface area contributed by atoms with Gasteiger partial charge in [-0.1, -0.05) is 31.5 Å². The number of nitrogens with zero attached hydrogens (tertiary/aromatic N) is 1. The van der Waals surface area contributed by atoms with Crippen LogP contribution in [0.4, 0.5) is 5.69 Å². The van der Waals surface area contributed by atoms with Gasteiger partial charge in [-0.2, -0.15) is 0 Å². The smallest absolute Gasteiger partial charge is 0.264 e. The van der Waals surface area contributed by atoms with Gasteiger partial charge in [0.05, 0.1) is 24.8 Å². The molecule has 0 aliphatic heterocycles. The normalized spacial score (nSPS) is 11.3. The van der Waals surface area contributed by atoms with E-state index in [9.17, 15) is 13.2 Å². The highest BCUT2D eigenvalue weighted by Gasteiger charge is 2.28. The predicted molar refractivity (Wildman–Crippen MR) is 118 cm³/mol. The van der Waals surface area contributed by atoms with Gasteiger partial charge in [-0.05, 0) is 43.5 Å². The minimum Gasteiger partial charge on any atom is -0.493 e. The molecule has 7 nitrogen and oxygen atoms in total. The van der Waals surface area contributed by atoms with Crippen LogP contribution in [0.25, 0.3) is 0 Å². The fourth-order valence-electron chi connectivity index (χ4n) is 2.82. The van der Waals surface area contributed by atoms with Crippen molar-refractivity contribution in [2.75, 3.05) is 31.6 Å². The number of carbonyl (C=O) groups is 1. The molecule has 1 amide bonds. The average molecular weight is 435 g/mol. The van der Waals surface area contributed by atoms with E-state index in [1.54, 1.807) is 30.3 Å². The molecule has 0 spiro atoms. The Balaban J connectivity index is 2.42. The van der Waals surface area contributed by atoms with Gasteiger partial charge in [0.1, 0.15) is 6.54 Å². The molecule has 2 aromatic carbocycles. The molecule has 1 N–H and O–H groups in total. The van der Waals surface area contributed by atoms with Gasteiger partial charge in [-0.15, -0.1) is 0 Å². The Labute approximate surface area is 179 Å². The minimum atomic E-state index is -3.98. The first kappa shape index (κ1) is 23.5. The summed E-state index contributed by atoms with van der Waals surface area (Å²) < 4.78 is 38.4. The molecule has 0 unspecified atom stereocenters. The van der Waals surface area contributed by atoms with Gasteiger partial charge in [-0.3, -0.25) is 9.10 Å². The lowest BCUT2D eigenvalue weighted by Crippen LogP contribution is -2.41. The number of carbonyl (C=O) groups excluding carboxylic acids is 1. The number of hydrogen-bond donors (Lipinski definition) is 1. The van der Waals surface area contributed by atoms with Gasteiger partial charge in [0.25, 0.3) is 10.0 Å². The van der Waals surface area contributed by atoms with Crippen molar-refractivity contribution in [3.63, 3.8) is 0 Å². The molecule has 30 heavy (non-hydrogen) atoms. The summed E-state index contributed by atoms with van der Waals surface area (Å²) in [4.78, 5) is 12.7. The van der Waals surface area contributed by atoms with E-state index >= 15 is 0 Å². The molecule has 2 rings (SSSR count). The van der Waals surface area contributed by atoms with Crippen LogP contribution in [-0.2, 0) is 14.8 Å². The first-order chi connectivity index (χ1) is 14.2. The van der Waals surface area contributed by atoms with Crippen LogP contribution in [0.1, 0.15) is 25.8 Å². The highest BCUT2D eigenvalue weighted by Crippen LogP contribution is 2.33. The van der Waals surface area contributed by atoms with Crippen molar-refractivity contribution in [3.8, 4) is 11.5 Å². The molecular formula is C22H30N2O5S. The first-order valence-electron chi connectivity index (χ1n) is 9.77. The molecule has 0 heterocycles. The van der Waals surface area contributed by atoms with E-state index in [1.165, 1.54) is 26.4 Å². The number of methoxy groups -OCH3 is 2. The number of anilines is 1. The Bertz CT molecular complexity index is 956. The molecule has 8 heteroatoms. The molecule has 0 aliphatic rings. The van der Waals surface area contributed by atoms with Crippen LogP contribution in [0.15, 0.2) is 47.4 Å². The van der Waals surface area contributed by atoms with Crippen LogP contribution < -0.4 is 19.1 Å². The zero-order chi connectivity index (χ0) is 22.3. The quantitative estimate of drug-likeness (QED) is 0.620. The van der Waals surface area contributed by atoms with E-state index in [4.69, 9.17) is 9.47 Å². The van der Waals surface area contributed by atoms with Crippen molar-refractivity contribution >= 4 is 21.6 Å². The van der Waals surface area contributed by atoms with Crippen molar-refractivity contribution in [2.24, 2.45) is 5.92 Å². The van der Waals surface area contributed by atoms with E-state index < -0.39 is 10.0 Å². The van der Waals surface area contributed by atoms with Crippen molar-refractivity contribution in [1.82, 2.24) is 5.32 Å². The lowest BCUT2D eigenvalue weighted by atomic mass is 10.1. The highest BCUT2D eigenvalue weighted by molar-refractivity contribution is 7.92. The van der Waals surface area contributed by atoms with Gasteiger partial charge in [0.15, 0.2) is 11.5 Å². The molecule has 164 valence electrons. The number of sulfonamides is 1. The van der Waals surface area contributed by atoms with Crippen LogP contribution in [-0.4, -0.2) is 41.6 Å². The molecule has 0 aliphatic carbocycles. The van der Waals surface area contributed by atoms with E-state index in [-0.39, 0.29) is 17.3 Å². The van der Waals surface area contributed by atoms with E-state index in [2.05, 4.69) is 19.2 Å². The third-order valence-corrected chi connectivity index (χ3v) is 6.38. The summed E-state index contributed by atoms with van der Waals surface area (Å²) in [6.07, 6.45) is 0.812. The van der Waals surface area contributed by atoms with E-state index in [0.29, 0.717) is 29.6 Å². The number of rotatable bonds is 10. The first-order valence-corrected chi connectivity index (χ1v) is 11.2. The Morgan fingerprint density at radius 3 is 2.23 bits per heavy atom. The van der Waals surface area contributed by atoms with Crippen LogP contribution >= 0.6 is 0 Å². The maximum absolute atomic E-state index is 13.4. The molecule has 0 radical (unpaired) electrons. The summed E-state index contributed by atoms with van der Waals surface area (Å²) in [6, 6.07) is 11.3. The second-order valence-electron chi connectivity index (χ2n) is 7.40. The SMILES string of the molecule is COc1ccc(N(CC(=O)NCCC(C)C)S(=O)(=O)c2ccc(C)cc2)cc1OC. The fraction of sp³-hybridized carbons (Fsp3) is 0.409. The number of benzene rings is 2. The summed E-state index contributed by atoms with van der Waals surface area (Å²) in [7, 11) is -1.00. The molecule has 0 bridgehead atoms. The monoisotopic (exact) mass is 434 g/mol. The number of amides is 1. The Morgan fingerprint density at radius 1 is 1.03 bits per heavy atom. The molecule has 0 fully saturated rings. The molecule has 0 saturated heterocycles. The van der Waals surface area contributed by atoms with Crippen molar-refractivity contribution in [1.29, 1.82) is 0 Å². The largest absolute Gasteiger partial charge is 0.493 e. The zero-order valence-electron chi connectivity index (χ0n) is 18.1. The molecule has 0 atom stereocenters. The summed E-state index contributed by atoms with van der Waals surface area (Å²) in [5.74, 6) is 0.902.